The van der Waals surface area contributed by atoms with Gasteiger partial charge in [-0.3, -0.25) is 0 Å². The van der Waals surface area contributed by atoms with E-state index in [0.29, 0.717) is 6.54 Å². The molecule has 0 atom stereocenters. The minimum atomic E-state index is -0.456. The van der Waals surface area contributed by atoms with Crippen LogP contribution in [0.5, 0.6) is 0 Å². The van der Waals surface area contributed by atoms with E-state index in [0.717, 1.165) is 17.9 Å². The summed E-state index contributed by atoms with van der Waals surface area (Å²) in [7, 11) is 0. The van der Waals surface area contributed by atoms with Crippen LogP contribution in [-0.4, -0.2) is 29.7 Å². The Labute approximate surface area is 76.1 Å². The standard InChI is InChI=1S/C6H13N5O2/c1-2-3-5-10(11(12)13)6-4-8-9-7/h2-6H2,1H3. The van der Waals surface area contributed by atoms with E-state index in [9.17, 15) is 10.1 Å². The molecule has 0 saturated heterocycles. The quantitative estimate of drug-likeness (QED) is 0.199. The molecule has 0 aromatic carbocycles. The molecule has 0 unspecified atom stereocenters. The van der Waals surface area contributed by atoms with Gasteiger partial charge in [-0.25, -0.2) is 10.1 Å². The second kappa shape index (κ2) is 7.17. The first kappa shape index (κ1) is 11.5. The number of unbranched alkanes of at least 4 members (excludes halogenated alkanes) is 1. The van der Waals surface area contributed by atoms with E-state index in [1.54, 1.807) is 0 Å². The molecule has 0 heterocycles. The van der Waals surface area contributed by atoms with Crippen LogP contribution >= 0.6 is 0 Å². The number of nitrogens with zero attached hydrogens (tertiary/aromatic N) is 5. The Balaban J connectivity index is 3.79. The first-order valence-electron chi connectivity index (χ1n) is 4.12. The minimum Gasteiger partial charge on any atom is -0.235 e. The van der Waals surface area contributed by atoms with Crippen LogP contribution in [0.2, 0.25) is 0 Å². The highest BCUT2D eigenvalue weighted by Gasteiger charge is 2.11. The molecule has 0 aromatic heterocycles. The lowest BCUT2D eigenvalue weighted by atomic mass is 10.3. The maximum atomic E-state index is 10.4. The van der Waals surface area contributed by atoms with Crippen LogP contribution in [0.4, 0.5) is 0 Å². The van der Waals surface area contributed by atoms with Crippen molar-refractivity contribution in [3.05, 3.63) is 20.6 Å². The van der Waals surface area contributed by atoms with E-state index in [4.69, 9.17) is 5.53 Å². The van der Waals surface area contributed by atoms with Crippen molar-refractivity contribution >= 4 is 0 Å². The van der Waals surface area contributed by atoms with Gasteiger partial charge in [0.2, 0.25) is 0 Å². The Kier molecular flexibility index (Phi) is 6.35. The maximum absolute atomic E-state index is 10.4. The topological polar surface area (TPSA) is 95.1 Å². The Morgan fingerprint density at radius 2 is 2.31 bits per heavy atom. The SMILES string of the molecule is CCCCN(CCN=[N+]=[N-])[N+](=O)[O-]. The van der Waals surface area contributed by atoms with Crippen LogP contribution in [0.1, 0.15) is 19.8 Å². The average molecular weight is 187 g/mol. The van der Waals surface area contributed by atoms with Crippen molar-refractivity contribution in [2.45, 2.75) is 19.8 Å². The van der Waals surface area contributed by atoms with E-state index in [1.165, 1.54) is 0 Å². The zero-order chi connectivity index (χ0) is 10.1. The highest BCUT2D eigenvalue weighted by atomic mass is 16.7. The monoisotopic (exact) mass is 187 g/mol. The second-order valence-electron chi connectivity index (χ2n) is 2.50. The van der Waals surface area contributed by atoms with Crippen LogP contribution < -0.4 is 0 Å². The van der Waals surface area contributed by atoms with Gasteiger partial charge >= 0.3 is 0 Å². The van der Waals surface area contributed by atoms with E-state index in [1.807, 2.05) is 6.92 Å². The molecule has 0 aliphatic rings. The normalized spacial score (nSPS) is 9.00. The van der Waals surface area contributed by atoms with E-state index >= 15 is 0 Å². The molecule has 0 amide bonds. The minimum absolute atomic E-state index is 0.140. The first-order chi connectivity index (χ1) is 6.22. The number of rotatable bonds is 7. The zero-order valence-electron chi connectivity index (χ0n) is 7.59. The van der Waals surface area contributed by atoms with Crippen molar-refractivity contribution in [2.75, 3.05) is 19.6 Å². The van der Waals surface area contributed by atoms with Gasteiger partial charge in [0.25, 0.3) is 0 Å². The third-order valence-corrected chi connectivity index (χ3v) is 1.52. The first-order valence-corrected chi connectivity index (χ1v) is 4.12. The van der Waals surface area contributed by atoms with Crippen LogP contribution in [0.15, 0.2) is 5.11 Å². The third kappa shape index (κ3) is 5.75. The summed E-state index contributed by atoms with van der Waals surface area (Å²) >= 11 is 0. The van der Waals surface area contributed by atoms with Gasteiger partial charge in [-0.05, 0) is 12.0 Å². The van der Waals surface area contributed by atoms with Crippen molar-refractivity contribution in [1.29, 1.82) is 0 Å². The summed E-state index contributed by atoms with van der Waals surface area (Å²) in [4.78, 5) is 12.9. The van der Waals surface area contributed by atoms with Gasteiger partial charge in [-0.15, -0.1) is 5.01 Å². The largest absolute Gasteiger partial charge is 0.235 e. The molecule has 7 nitrogen and oxygen atoms in total. The third-order valence-electron chi connectivity index (χ3n) is 1.52. The van der Waals surface area contributed by atoms with Gasteiger partial charge in [-0.1, -0.05) is 18.5 Å². The van der Waals surface area contributed by atoms with Crippen LogP contribution in [0.3, 0.4) is 0 Å². The maximum Gasteiger partial charge on any atom is 0.160 e. The molecule has 0 N–H and O–H groups in total. The summed E-state index contributed by atoms with van der Waals surface area (Å²) in [5.41, 5.74) is 7.96. The van der Waals surface area contributed by atoms with Gasteiger partial charge in [0.1, 0.15) is 0 Å². The fraction of sp³-hybridized carbons (Fsp3) is 1.00. The lowest BCUT2D eigenvalue weighted by Gasteiger charge is -2.11. The fourth-order valence-electron chi connectivity index (χ4n) is 0.821. The molecule has 0 fully saturated rings. The van der Waals surface area contributed by atoms with Crippen molar-refractivity contribution in [1.82, 2.24) is 5.01 Å². The summed E-state index contributed by atoms with van der Waals surface area (Å²) in [6, 6.07) is 0. The molecule has 7 heteroatoms. The number of hydrogen-bond acceptors (Lipinski definition) is 3. The van der Waals surface area contributed by atoms with Crippen molar-refractivity contribution in [3.8, 4) is 0 Å². The molecule has 0 spiro atoms. The predicted octanol–water partition coefficient (Wildman–Crippen LogP) is 1.59. The average Bonchev–Trinajstić information content (AvgIpc) is 2.10. The van der Waals surface area contributed by atoms with Crippen molar-refractivity contribution in [3.63, 3.8) is 0 Å². The predicted molar refractivity (Wildman–Crippen MR) is 47.5 cm³/mol. The van der Waals surface area contributed by atoms with Gasteiger partial charge in [0, 0.05) is 11.5 Å². The Bertz CT molecular complexity index is 201. The lowest BCUT2D eigenvalue weighted by molar-refractivity contribution is -0.655. The smallest absolute Gasteiger partial charge is 0.160 e. The number of hydrogen-bond donors (Lipinski definition) is 0. The number of hydrazine groups is 1. The van der Waals surface area contributed by atoms with E-state index in [2.05, 4.69) is 10.0 Å². The highest BCUT2D eigenvalue weighted by Crippen LogP contribution is 1.94. The second-order valence-corrected chi connectivity index (χ2v) is 2.50. The molecule has 0 saturated carbocycles. The molecule has 13 heavy (non-hydrogen) atoms. The van der Waals surface area contributed by atoms with E-state index in [-0.39, 0.29) is 13.1 Å². The van der Waals surface area contributed by atoms with Crippen molar-refractivity contribution in [2.24, 2.45) is 5.11 Å². The lowest BCUT2D eigenvalue weighted by Crippen LogP contribution is -2.33. The van der Waals surface area contributed by atoms with Crippen LogP contribution in [0, 0.1) is 10.1 Å². The van der Waals surface area contributed by atoms with Gasteiger partial charge in [0.05, 0.1) is 13.1 Å². The zero-order valence-corrected chi connectivity index (χ0v) is 7.59. The summed E-state index contributed by atoms with van der Waals surface area (Å²) in [6.07, 6.45) is 1.68. The summed E-state index contributed by atoms with van der Waals surface area (Å²) in [5, 5.41) is 14.2. The fourth-order valence-corrected chi connectivity index (χ4v) is 0.821. The van der Waals surface area contributed by atoms with Gasteiger partial charge < -0.3 is 0 Å². The van der Waals surface area contributed by atoms with Crippen LogP contribution in [0.25, 0.3) is 10.4 Å². The van der Waals surface area contributed by atoms with Crippen LogP contribution in [-0.2, 0) is 0 Å². The summed E-state index contributed by atoms with van der Waals surface area (Å²) in [5.74, 6) is 0. The summed E-state index contributed by atoms with van der Waals surface area (Å²) in [6.45, 7) is 2.69. The molecular weight excluding hydrogens is 174 g/mol. The molecule has 0 aliphatic carbocycles. The summed E-state index contributed by atoms with van der Waals surface area (Å²) < 4.78 is 0. The highest BCUT2D eigenvalue weighted by molar-refractivity contribution is 4.51. The number of azide groups is 1. The molecule has 74 valence electrons. The Morgan fingerprint density at radius 3 is 2.77 bits per heavy atom. The molecule has 0 rings (SSSR count). The van der Waals surface area contributed by atoms with E-state index < -0.39 is 5.03 Å². The van der Waals surface area contributed by atoms with Gasteiger partial charge in [-0.2, -0.15) is 0 Å². The van der Waals surface area contributed by atoms with Gasteiger partial charge in [0.15, 0.2) is 5.03 Å². The number of nitro groups is 1. The molecule has 0 radical (unpaired) electrons. The Hall–Kier alpha value is -1.49. The van der Waals surface area contributed by atoms with Crippen molar-refractivity contribution < 1.29 is 5.03 Å². The Morgan fingerprint density at radius 1 is 1.62 bits per heavy atom. The molecule has 0 bridgehead atoms. The molecular formula is C6H13N5O2. The molecule has 0 aromatic rings. The molecule has 0 aliphatic heterocycles.